The molecule has 0 amide bonds. The van der Waals surface area contributed by atoms with Crippen molar-refractivity contribution in [2.75, 3.05) is 0 Å². The molecule has 0 atom stereocenters. The molecule has 0 saturated carbocycles. The SMILES string of the molecule is CC(C)c1cccc2c3cc4ccccc4cc3n(-c3ccccc3)c12. The monoisotopic (exact) mass is 335 g/mol. The second-order valence-electron chi connectivity index (χ2n) is 7.29. The highest BCUT2D eigenvalue weighted by atomic mass is 15.0. The zero-order valence-corrected chi connectivity index (χ0v) is 15.1. The summed E-state index contributed by atoms with van der Waals surface area (Å²) in [6.07, 6.45) is 0. The molecule has 26 heavy (non-hydrogen) atoms. The van der Waals surface area contributed by atoms with Crippen molar-refractivity contribution in [2.24, 2.45) is 0 Å². The van der Waals surface area contributed by atoms with E-state index in [1.165, 1.54) is 43.8 Å². The first-order valence-electron chi connectivity index (χ1n) is 9.25. The lowest BCUT2D eigenvalue weighted by atomic mass is 9.99. The first-order valence-corrected chi connectivity index (χ1v) is 9.25. The van der Waals surface area contributed by atoms with Gasteiger partial charge in [-0.1, -0.05) is 74.5 Å². The van der Waals surface area contributed by atoms with Gasteiger partial charge in [0.05, 0.1) is 11.0 Å². The number of fused-ring (bicyclic) bond motifs is 4. The van der Waals surface area contributed by atoms with E-state index in [4.69, 9.17) is 0 Å². The number of benzene rings is 4. The van der Waals surface area contributed by atoms with E-state index in [1.54, 1.807) is 0 Å². The molecule has 126 valence electrons. The summed E-state index contributed by atoms with van der Waals surface area (Å²) in [5.41, 5.74) is 5.22. The van der Waals surface area contributed by atoms with Crippen molar-refractivity contribution >= 4 is 32.6 Å². The lowest BCUT2D eigenvalue weighted by Gasteiger charge is -2.13. The van der Waals surface area contributed by atoms with Gasteiger partial charge in [0.1, 0.15) is 0 Å². The van der Waals surface area contributed by atoms with Crippen molar-refractivity contribution in [2.45, 2.75) is 19.8 Å². The van der Waals surface area contributed by atoms with Gasteiger partial charge in [-0.15, -0.1) is 0 Å². The zero-order valence-electron chi connectivity index (χ0n) is 15.1. The largest absolute Gasteiger partial charge is 0.309 e. The molecular formula is C25H21N. The molecule has 1 heteroatoms. The molecule has 0 saturated heterocycles. The van der Waals surface area contributed by atoms with Crippen LogP contribution in [0, 0.1) is 0 Å². The Bertz CT molecular complexity index is 1240. The Morgan fingerprint density at radius 2 is 1.35 bits per heavy atom. The minimum atomic E-state index is 0.472. The van der Waals surface area contributed by atoms with Gasteiger partial charge in [0.15, 0.2) is 0 Å². The summed E-state index contributed by atoms with van der Waals surface area (Å²) in [7, 11) is 0. The maximum atomic E-state index is 2.44. The third kappa shape index (κ3) is 2.17. The van der Waals surface area contributed by atoms with Gasteiger partial charge >= 0.3 is 0 Å². The molecule has 0 fully saturated rings. The Hall–Kier alpha value is -3.06. The maximum absolute atomic E-state index is 2.44. The van der Waals surface area contributed by atoms with Crippen LogP contribution in [0.5, 0.6) is 0 Å². The van der Waals surface area contributed by atoms with Gasteiger partial charge in [-0.05, 0) is 46.5 Å². The Morgan fingerprint density at radius 3 is 2.08 bits per heavy atom. The number of para-hydroxylation sites is 2. The van der Waals surface area contributed by atoms with Crippen LogP contribution in [0.2, 0.25) is 0 Å². The third-order valence-corrected chi connectivity index (χ3v) is 5.32. The molecule has 0 radical (unpaired) electrons. The van der Waals surface area contributed by atoms with Gasteiger partial charge in [-0.3, -0.25) is 0 Å². The Morgan fingerprint density at radius 1 is 0.654 bits per heavy atom. The standard InChI is InChI=1S/C25H21N/c1-17(2)21-13-8-14-22-23-15-18-9-6-7-10-19(18)16-24(23)26(25(21)22)20-11-4-3-5-12-20/h3-17H,1-2H3. The van der Waals surface area contributed by atoms with E-state index in [0.717, 1.165) is 0 Å². The van der Waals surface area contributed by atoms with Gasteiger partial charge in [0.2, 0.25) is 0 Å². The number of rotatable bonds is 2. The zero-order chi connectivity index (χ0) is 17.7. The first kappa shape index (κ1) is 15.2. The number of hydrogen-bond acceptors (Lipinski definition) is 0. The Labute approximate surface area is 153 Å². The van der Waals surface area contributed by atoms with Crippen LogP contribution in [0.4, 0.5) is 0 Å². The summed E-state index contributed by atoms with van der Waals surface area (Å²) >= 11 is 0. The van der Waals surface area contributed by atoms with Crippen molar-refractivity contribution < 1.29 is 0 Å². The number of nitrogens with zero attached hydrogens (tertiary/aromatic N) is 1. The molecule has 0 N–H and O–H groups in total. The van der Waals surface area contributed by atoms with Gasteiger partial charge in [-0.25, -0.2) is 0 Å². The lowest BCUT2D eigenvalue weighted by Crippen LogP contribution is -1.98. The van der Waals surface area contributed by atoms with Gasteiger partial charge in [0.25, 0.3) is 0 Å². The minimum Gasteiger partial charge on any atom is -0.309 e. The van der Waals surface area contributed by atoms with Crippen molar-refractivity contribution in [3.63, 3.8) is 0 Å². The predicted molar refractivity (Wildman–Crippen MR) is 112 cm³/mol. The van der Waals surface area contributed by atoms with Crippen molar-refractivity contribution in [3.8, 4) is 5.69 Å². The van der Waals surface area contributed by atoms with E-state index in [9.17, 15) is 0 Å². The summed E-state index contributed by atoms with van der Waals surface area (Å²) < 4.78 is 2.44. The molecule has 0 aliphatic carbocycles. The maximum Gasteiger partial charge on any atom is 0.0575 e. The predicted octanol–water partition coefficient (Wildman–Crippen LogP) is 7.06. The van der Waals surface area contributed by atoms with Crippen LogP contribution in [-0.2, 0) is 0 Å². The van der Waals surface area contributed by atoms with Crippen molar-refractivity contribution in [1.82, 2.24) is 4.57 Å². The first-order chi connectivity index (χ1) is 12.7. The van der Waals surface area contributed by atoms with Crippen LogP contribution in [0.25, 0.3) is 38.3 Å². The smallest absolute Gasteiger partial charge is 0.0575 e. The fourth-order valence-corrected chi connectivity index (χ4v) is 4.09. The summed E-state index contributed by atoms with van der Waals surface area (Å²) in [6, 6.07) is 30.7. The van der Waals surface area contributed by atoms with Crippen LogP contribution in [0.1, 0.15) is 25.3 Å². The number of hydrogen-bond donors (Lipinski definition) is 0. The highest BCUT2D eigenvalue weighted by Gasteiger charge is 2.17. The third-order valence-electron chi connectivity index (χ3n) is 5.32. The Balaban J connectivity index is 2.05. The van der Waals surface area contributed by atoms with Crippen LogP contribution in [-0.4, -0.2) is 4.57 Å². The molecule has 0 aliphatic heterocycles. The minimum absolute atomic E-state index is 0.472. The van der Waals surface area contributed by atoms with E-state index in [-0.39, 0.29) is 0 Å². The summed E-state index contributed by atoms with van der Waals surface area (Å²) in [6.45, 7) is 4.55. The van der Waals surface area contributed by atoms with Crippen molar-refractivity contribution in [1.29, 1.82) is 0 Å². The second-order valence-corrected chi connectivity index (χ2v) is 7.29. The average Bonchev–Trinajstić information content (AvgIpc) is 3.00. The van der Waals surface area contributed by atoms with Gasteiger partial charge in [0, 0.05) is 16.5 Å². The highest BCUT2D eigenvalue weighted by molar-refractivity contribution is 6.14. The summed E-state index contributed by atoms with van der Waals surface area (Å²) in [4.78, 5) is 0. The molecule has 0 spiro atoms. The molecule has 0 bridgehead atoms. The quantitative estimate of drug-likeness (QED) is 0.325. The van der Waals surface area contributed by atoms with Crippen LogP contribution < -0.4 is 0 Å². The van der Waals surface area contributed by atoms with Crippen LogP contribution in [0.15, 0.2) is 84.9 Å². The van der Waals surface area contributed by atoms with E-state index in [0.29, 0.717) is 5.92 Å². The number of aromatic nitrogens is 1. The second kappa shape index (κ2) is 5.74. The summed E-state index contributed by atoms with van der Waals surface area (Å²) in [5.74, 6) is 0.472. The van der Waals surface area contributed by atoms with E-state index < -0.39 is 0 Å². The average molecular weight is 335 g/mol. The molecule has 1 aromatic heterocycles. The van der Waals surface area contributed by atoms with E-state index in [1.807, 2.05) is 0 Å². The summed E-state index contributed by atoms with van der Waals surface area (Å²) in [5, 5.41) is 5.24. The topological polar surface area (TPSA) is 4.93 Å². The molecule has 5 rings (SSSR count). The Kier molecular flexibility index (Phi) is 3.36. The van der Waals surface area contributed by atoms with Crippen LogP contribution in [0.3, 0.4) is 0 Å². The fourth-order valence-electron chi connectivity index (χ4n) is 4.09. The molecular weight excluding hydrogens is 314 g/mol. The van der Waals surface area contributed by atoms with E-state index in [2.05, 4.69) is 103 Å². The molecule has 4 aromatic carbocycles. The molecule has 5 aromatic rings. The van der Waals surface area contributed by atoms with Crippen LogP contribution >= 0.6 is 0 Å². The molecule has 1 heterocycles. The van der Waals surface area contributed by atoms with E-state index >= 15 is 0 Å². The lowest BCUT2D eigenvalue weighted by molar-refractivity contribution is 0.870. The van der Waals surface area contributed by atoms with Crippen molar-refractivity contribution in [3.05, 3.63) is 90.5 Å². The van der Waals surface area contributed by atoms with Gasteiger partial charge < -0.3 is 4.57 Å². The van der Waals surface area contributed by atoms with Gasteiger partial charge in [-0.2, -0.15) is 0 Å². The molecule has 0 aliphatic rings. The fraction of sp³-hybridized carbons (Fsp3) is 0.120. The molecule has 1 nitrogen and oxygen atoms in total. The normalized spacial score (nSPS) is 11.8. The highest BCUT2D eigenvalue weighted by Crippen LogP contribution is 2.38. The molecule has 0 unspecified atom stereocenters.